The number of nitrogens with zero attached hydrogens (tertiary/aromatic N) is 2. The molecule has 10 nitrogen and oxygen atoms in total. The van der Waals surface area contributed by atoms with Gasteiger partial charge in [0, 0.05) is 6.07 Å². The van der Waals surface area contributed by atoms with Crippen LogP contribution in [0, 0.1) is 0 Å². The Labute approximate surface area is 194 Å². The molecule has 0 aliphatic rings. The van der Waals surface area contributed by atoms with Gasteiger partial charge in [-0.1, -0.05) is 18.2 Å². The van der Waals surface area contributed by atoms with Crippen LogP contribution in [0.2, 0.25) is 0 Å². The molecule has 0 saturated carbocycles. The van der Waals surface area contributed by atoms with Crippen molar-refractivity contribution >= 4 is 22.0 Å². The lowest BCUT2D eigenvalue weighted by Gasteiger charge is -2.28. The van der Waals surface area contributed by atoms with Gasteiger partial charge in [0.25, 0.3) is 0 Å². The number of sulfonamides is 1. The summed E-state index contributed by atoms with van der Waals surface area (Å²) in [4.78, 5) is 23.8. The van der Waals surface area contributed by atoms with Gasteiger partial charge in [-0.2, -0.15) is 13.2 Å². The van der Waals surface area contributed by atoms with E-state index in [0.29, 0.717) is 16.8 Å². The first-order valence-corrected chi connectivity index (χ1v) is 11.0. The first-order valence-electron chi connectivity index (χ1n) is 9.51. The molecule has 1 aromatic carbocycles. The Bertz CT molecular complexity index is 1060. The molecule has 1 heterocycles. The minimum absolute atomic E-state index is 0.0558. The fourth-order valence-corrected chi connectivity index (χ4v) is 3.67. The van der Waals surface area contributed by atoms with Crippen molar-refractivity contribution in [3.05, 3.63) is 48.7 Å². The monoisotopic (exact) mass is 507 g/mol. The first-order chi connectivity index (χ1) is 15.5. The number of likely N-dealkylation sites (N-methyl/N-ethyl adjacent to an activating group) is 1. The number of rotatable bonds is 9. The topological polar surface area (TPSA) is 146 Å². The maximum atomic E-state index is 12.6. The highest BCUT2D eigenvalue weighted by molar-refractivity contribution is 7.89. The van der Waals surface area contributed by atoms with Gasteiger partial charge < -0.3 is 24.2 Å². The van der Waals surface area contributed by atoms with Crippen LogP contribution in [0.4, 0.5) is 13.2 Å². The molecule has 34 heavy (non-hydrogen) atoms. The maximum absolute atomic E-state index is 12.6. The second kappa shape index (κ2) is 11.8. The van der Waals surface area contributed by atoms with Crippen molar-refractivity contribution in [3.8, 4) is 11.6 Å². The van der Waals surface area contributed by atoms with Crippen LogP contribution in [-0.2, 0) is 19.6 Å². The number of carboxylic acids is 2. The highest BCUT2D eigenvalue weighted by Gasteiger charge is 2.29. The predicted octanol–water partition coefficient (Wildman–Crippen LogP) is 1.00. The minimum Gasteiger partial charge on any atom is -0.542 e. The van der Waals surface area contributed by atoms with Gasteiger partial charge in [0.2, 0.25) is 15.9 Å². The van der Waals surface area contributed by atoms with Gasteiger partial charge in [0.1, 0.15) is 16.6 Å². The number of para-hydroxylation sites is 1. The van der Waals surface area contributed by atoms with Crippen LogP contribution in [0.5, 0.6) is 11.6 Å². The lowest BCUT2D eigenvalue weighted by Crippen LogP contribution is -2.49. The molecule has 0 aliphatic heterocycles. The fraction of sp³-hybridized carbons (Fsp3) is 0.350. The Kier molecular flexibility index (Phi) is 9.96. The van der Waals surface area contributed by atoms with Crippen molar-refractivity contribution in [3.63, 3.8) is 0 Å². The predicted molar refractivity (Wildman–Crippen MR) is 111 cm³/mol. The number of hydrogen-bond acceptors (Lipinski definition) is 7. The summed E-state index contributed by atoms with van der Waals surface area (Å²) in [6, 6.07) is 11.1. The van der Waals surface area contributed by atoms with Gasteiger partial charge >= 0.3 is 12.1 Å². The largest absolute Gasteiger partial charge is 0.542 e. The number of carbonyl (C=O) groups is 2. The van der Waals surface area contributed by atoms with E-state index in [1.165, 1.54) is 18.3 Å². The van der Waals surface area contributed by atoms with Crippen molar-refractivity contribution in [1.29, 1.82) is 0 Å². The Morgan fingerprint density at radius 2 is 1.71 bits per heavy atom. The number of nitrogens with one attached hydrogen (secondary N) is 1. The molecule has 0 fully saturated rings. The van der Waals surface area contributed by atoms with E-state index in [-0.39, 0.29) is 17.2 Å². The third-order valence-corrected chi connectivity index (χ3v) is 5.23. The normalized spacial score (nSPS) is 12.8. The number of aromatic nitrogens is 1. The average Bonchev–Trinajstić information content (AvgIpc) is 2.66. The van der Waals surface area contributed by atoms with Crippen molar-refractivity contribution < 1.29 is 50.6 Å². The van der Waals surface area contributed by atoms with E-state index in [4.69, 9.17) is 19.7 Å². The molecule has 2 rings (SSSR count). The number of hydrogen-bond donors (Lipinski definition) is 2. The van der Waals surface area contributed by atoms with Crippen LogP contribution >= 0.6 is 0 Å². The van der Waals surface area contributed by atoms with Crippen molar-refractivity contribution in [2.45, 2.75) is 23.5 Å². The Morgan fingerprint density at radius 1 is 1.15 bits per heavy atom. The van der Waals surface area contributed by atoms with E-state index < -0.39 is 34.2 Å². The molecule has 0 bridgehead atoms. The number of carboxylic acid groups (broad SMARTS) is 2. The molecular formula is C20H24F3N3O7S. The van der Waals surface area contributed by atoms with Gasteiger partial charge in [0.15, 0.2) is 0 Å². The molecule has 1 aromatic heterocycles. The molecule has 1 unspecified atom stereocenters. The number of pyridine rings is 1. The molecule has 0 spiro atoms. The van der Waals surface area contributed by atoms with Crippen LogP contribution in [0.1, 0.15) is 6.42 Å². The summed E-state index contributed by atoms with van der Waals surface area (Å²) >= 11 is 0. The number of ether oxygens (including phenoxy) is 1. The molecule has 188 valence electrons. The van der Waals surface area contributed by atoms with Crippen molar-refractivity contribution in [1.82, 2.24) is 9.71 Å². The highest BCUT2D eigenvalue weighted by Crippen LogP contribution is 2.20. The molecule has 0 aliphatic carbocycles. The van der Waals surface area contributed by atoms with Crippen LogP contribution < -0.4 is 14.6 Å². The molecule has 1 atom stereocenters. The van der Waals surface area contributed by atoms with E-state index in [0.717, 1.165) is 0 Å². The molecular weight excluding hydrogens is 483 g/mol. The van der Waals surface area contributed by atoms with Crippen LogP contribution in [0.25, 0.3) is 0 Å². The average molecular weight is 507 g/mol. The second-order valence-corrected chi connectivity index (χ2v) is 9.64. The van der Waals surface area contributed by atoms with Gasteiger partial charge in [-0.05, 0) is 18.2 Å². The third-order valence-electron chi connectivity index (χ3n) is 3.73. The quantitative estimate of drug-likeness (QED) is 0.478. The zero-order valence-corrected chi connectivity index (χ0v) is 19.3. The zero-order valence-electron chi connectivity index (χ0n) is 18.4. The summed E-state index contributed by atoms with van der Waals surface area (Å²) in [6.07, 6.45) is -4.32. The summed E-state index contributed by atoms with van der Waals surface area (Å²) in [5.41, 5.74) is 0. The summed E-state index contributed by atoms with van der Waals surface area (Å²) in [5.74, 6) is -3.23. The SMILES string of the molecule is C[N+](C)(C)CC(CC(=O)O)NS(=O)(=O)c1ccc(Oc2ccccc2)nc1.O=C([O-])C(F)(F)F. The van der Waals surface area contributed by atoms with E-state index in [1.807, 2.05) is 39.3 Å². The van der Waals surface area contributed by atoms with Crippen molar-refractivity contribution in [2.24, 2.45) is 0 Å². The first kappa shape index (κ1) is 28.8. The lowest BCUT2D eigenvalue weighted by molar-refractivity contribution is -0.871. The number of aliphatic carboxylic acids is 2. The van der Waals surface area contributed by atoms with Gasteiger partial charge in [0.05, 0.1) is 46.3 Å². The fourth-order valence-electron chi connectivity index (χ4n) is 2.50. The van der Waals surface area contributed by atoms with Gasteiger partial charge in [-0.25, -0.2) is 18.1 Å². The standard InChI is InChI=1S/C18H23N3O5S.C2HF3O2/c1-21(2,3)13-14(11-18(22)23)20-27(24,25)16-9-10-17(19-12-16)26-15-7-5-4-6-8-15;3-2(4,5)1(6)7/h4-10,12,14,20H,11,13H2,1-3H3;(H,6,7). The summed E-state index contributed by atoms with van der Waals surface area (Å²) in [7, 11) is 1.68. The Hall–Kier alpha value is -3.23. The molecule has 0 amide bonds. The molecule has 2 aromatic rings. The van der Waals surface area contributed by atoms with Crippen LogP contribution in [0.3, 0.4) is 0 Å². The second-order valence-electron chi connectivity index (χ2n) is 7.92. The number of carbonyl (C=O) groups excluding carboxylic acids is 1. The number of quaternary nitrogens is 1. The lowest BCUT2D eigenvalue weighted by atomic mass is 10.2. The van der Waals surface area contributed by atoms with Crippen LogP contribution in [0.15, 0.2) is 53.6 Å². The van der Waals surface area contributed by atoms with Crippen LogP contribution in [-0.4, -0.2) is 74.8 Å². The molecule has 0 radical (unpaired) electrons. The van der Waals surface area contributed by atoms with Crippen molar-refractivity contribution in [2.75, 3.05) is 27.7 Å². The Morgan fingerprint density at radius 3 is 2.12 bits per heavy atom. The van der Waals surface area contributed by atoms with Gasteiger partial charge in [-0.3, -0.25) is 4.79 Å². The number of alkyl halides is 3. The van der Waals surface area contributed by atoms with E-state index in [9.17, 15) is 26.4 Å². The highest BCUT2D eigenvalue weighted by atomic mass is 32.2. The number of halogens is 3. The molecule has 0 saturated heterocycles. The number of benzene rings is 1. The maximum Gasteiger partial charge on any atom is 0.430 e. The summed E-state index contributed by atoms with van der Waals surface area (Å²) in [6.45, 7) is 0.328. The summed E-state index contributed by atoms with van der Waals surface area (Å²) < 4.78 is 65.1. The summed E-state index contributed by atoms with van der Waals surface area (Å²) in [5, 5.41) is 17.8. The van der Waals surface area contributed by atoms with E-state index >= 15 is 0 Å². The van der Waals surface area contributed by atoms with E-state index in [1.54, 1.807) is 12.1 Å². The molecule has 2 N–H and O–H groups in total. The minimum atomic E-state index is -5.19. The molecule has 14 heteroatoms. The third kappa shape index (κ3) is 11.1. The van der Waals surface area contributed by atoms with Gasteiger partial charge in [-0.15, -0.1) is 0 Å². The zero-order chi connectivity index (χ0) is 26.2. The smallest absolute Gasteiger partial charge is 0.430 e. The Balaban J connectivity index is 0.000000718. The van der Waals surface area contributed by atoms with E-state index in [2.05, 4.69) is 9.71 Å².